The molecule has 2 N–H and O–H groups in total. The SMILES string of the molecule is O=C(O)Nc1ccccc1CC(=O)c1ccc(S(=O)(=O)N(Cc2ccccc2)Cc2ccccc2)cc1. The fraction of sp³-hybridized carbons (Fsp3) is 0.103. The van der Waals surface area contributed by atoms with Crippen LogP contribution in [0.4, 0.5) is 10.5 Å². The largest absolute Gasteiger partial charge is 0.465 e. The van der Waals surface area contributed by atoms with Crippen LogP contribution < -0.4 is 5.32 Å². The third kappa shape index (κ3) is 6.69. The standard InChI is InChI=1S/C29H26N2O5S/c32-28(19-25-13-7-8-14-27(25)30-29(33)34)24-15-17-26(18-16-24)37(35,36)31(20-22-9-3-1-4-10-22)21-23-11-5-2-6-12-23/h1-18,30H,19-21H2,(H,33,34). The van der Waals surface area contributed by atoms with Crippen molar-refractivity contribution in [2.24, 2.45) is 0 Å². The molecule has 0 radical (unpaired) electrons. The molecule has 0 unspecified atom stereocenters. The van der Waals surface area contributed by atoms with Crippen LogP contribution in [-0.4, -0.2) is 29.7 Å². The number of hydrogen-bond donors (Lipinski definition) is 2. The summed E-state index contributed by atoms with van der Waals surface area (Å²) in [6.07, 6.45) is -1.25. The molecule has 188 valence electrons. The van der Waals surface area contributed by atoms with E-state index >= 15 is 0 Å². The van der Waals surface area contributed by atoms with Crippen LogP contribution in [0.15, 0.2) is 114 Å². The molecule has 4 aromatic carbocycles. The van der Waals surface area contributed by atoms with E-state index in [4.69, 9.17) is 5.11 Å². The molecule has 8 heteroatoms. The molecule has 0 spiro atoms. The minimum atomic E-state index is -3.87. The summed E-state index contributed by atoms with van der Waals surface area (Å²) in [4.78, 5) is 24.0. The number of nitrogens with one attached hydrogen (secondary N) is 1. The molecule has 4 aromatic rings. The summed E-state index contributed by atoms with van der Waals surface area (Å²) in [5.41, 5.74) is 2.93. The Labute approximate surface area is 216 Å². The number of carboxylic acid groups (broad SMARTS) is 1. The Morgan fingerprint density at radius 1 is 0.703 bits per heavy atom. The molecule has 4 rings (SSSR count). The normalized spacial score (nSPS) is 11.3. The molecule has 1 amide bonds. The van der Waals surface area contributed by atoms with E-state index in [0.717, 1.165) is 11.1 Å². The summed E-state index contributed by atoms with van der Waals surface area (Å²) in [6.45, 7) is 0.401. The van der Waals surface area contributed by atoms with Crippen LogP contribution in [0, 0.1) is 0 Å². The minimum Gasteiger partial charge on any atom is -0.465 e. The molecule has 0 aliphatic carbocycles. The van der Waals surface area contributed by atoms with E-state index in [9.17, 15) is 18.0 Å². The van der Waals surface area contributed by atoms with Gasteiger partial charge < -0.3 is 5.11 Å². The van der Waals surface area contributed by atoms with Gasteiger partial charge in [-0.05, 0) is 34.9 Å². The van der Waals surface area contributed by atoms with Gasteiger partial charge in [0, 0.05) is 30.8 Å². The van der Waals surface area contributed by atoms with Gasteiger partial charge in [0.15, 0.2) is 5.78 Å². The summed E-state index contributed by atoms with van der Waals surface area (Å²) >= 11 is 0. The van der Waals surface area contributed by atoms with Crippen LogP contribution in [0.2, 0.25) is 0 Å². The molecule has 0 saturated heterocycles. The molecule has 0 fully saturated rings. The third-order valence-corrected chi connectivity index (χ3v) is 7.63. The van der Waals surface area contributed by atoms with Gasteiger partial charge in [0.1, 0.15) is 0 Å². The zero-order valence-corrected chi connectivity index (χ0v) is 20.8. The number of rotatable bonds is 10. The Morgan fingerprint density at radius 3 is 1.76 bits per heavy atom. The lowest BCUT2D eigenvalue weighted by Crippen LogP contribution is -2.30. The summed E-state index contributed by atoms with van der Waals surface area (Å²) in [5, 5.41) is 11.3. The molecule has 0 saturated carbocycles. The van der Waals surface area contributed by atoms with E-state index in [-0.39, 0.29) is 30.2 Å². The maximum Gasteiger partial charge on any atom is 0.409 e. The first-order valence-corrected chi connectivity index (χ1v) is 13.1. The second kappa shape index (κ2) is 11.6. The van der Waals surface area contributed by atoms with Crippen molar-refractivity contribution in [3.8, 4) is 0 Å². The van der Waals surface area contributed by atoms with Crippen molar-refractivity contribution in [2.75, 3.05) is 5.32 Å². The number of ketones is 1. The Hall–Kier alpha value is -4.27. The molecule has 7 nitrogen and oxygen atoms in total. The van der Waals surface area contributed by atoms with Gasteiger partial charge in [-0.1, -0.05) is 91.0 Å². The van der Waals surface area contributed by atoms with Crippen LogP contribution in [0.25, 0.3) is 0 Å². The fourth-order valence-corrected chi connectivity index (χ4v) is 5.36. The monoisotopic (exact) mass is 514 g/mol. The van der Waals surface area contributed by atoms with Crippen LogP contribution in [0.1, 0.15) is 27.0 Å². The number of Topliss-reactive ketones (excluding diaryl/α,β-unsaturated/α-hetero) is 1. The lowest BCUT2D eigenvalue weighted by Gasteiger charge is -2.23. The Morgan fingerprint density at radius 2 is 1.22 bits per heavy atom. The van der Waals surface area contributed by atoms with Crippen molar-refractivity contribution in [3.05, 3.63) is 131 Å². The molecule has 0 aliphatic heterocycles. The number of carbonyl (C=O) groups is 2. The van der Waals surface area contributed by atoms with Crippen molar-refractivity contribution in [1.82, 2.24) is 4.31 Å². The van der Waals surface area contributed by atoms with Gasteiger partial charge in [-0.3, -0.25) is 10.1 Å². The highest BCUT2D eigenvalue weighted by Gasteiger charge is 2.25. The topological polar surface area (TPSA) is 104 Å². The molecule has 0 atom stereocenters. The number of anilines is 1. The van der Waals surface area contributed by atoms with Gasteiger partial charge in [0.2, 0.25) is 10.0 Å². The van der Waals surface area contributed by atoms with Crippen molar-refractivity contribution in [2.45, 2.75) is 24.4 Å². The molecule has 37 heavy (non-hydrogen) atoms. The van der Waals surface area contributed by atoms with E-state index in [1.54, 1.807) is 24.3 Å². The second-order valence-corrected chi connectivity index (χ2v) is 10.4. The molecular weight excluding hydrogens is 488 g/mol. The lowest BCUT2D eigenvalue weighted by atomic mass is 10.0. The number of hydrogen-bond acceptors (Lipinski definition) is 4. The molecule has 0 aliphatic rings. The van der Waals surface area contributed by atoms with E-state index < -0.39 is 16.1 Å². The van der Waals surface area contributed by atoms with Gasteiger partial charge >= 0.3 is 6.09 Å². The fourth-order valence-electron chi connectivity index (χ4n) is 3.95. The minimum absolute atomic E-state index is 0.0311. The van der Waals surface area contributed by atoms with E-state index in [1.807, 2.05) is 60.7 Å². The quantitative estimate of drug-likeness (QED) is 0.268. The second-order valence-electron chi connectivity index (χ2n) is 8.46. The lowest BCUT2D eigenvalue weighted by molar-refractivity contribution is 0.0993. The highest BCUT2D eigenvalue weighted by molar-refractivity contribution is 7.89. The maximum atomic E-state index is 13.6. The molecule has 0 bridgehead atoms. The Bertz CT molecular complexity index is 1430. The first-order chi connectivity index (χ1) is 17.8. The van der Waals surface area contributed by atoms with Crippen LogP contribution in [0.5, 0.6) is 0 Å². The van der Waals surface area contributed by atoms with E-state index in [2.05, 4.69) is 5.32 Å². The number of carbonyl (C=O) groups excluding carboxylic acids is 1. The Balaban J connectivity index is 1.56. The zero-order valence-electron chi connectivity index (χ0n) is 19.9. The van der Waals surface area contributed by atoms with Gasteiger partial charge in [0.05, 0.1) is 4.90 Å². The molecular formula is C29H26N2O5S. The van der Waals surface area contributed by atoms with Gasteiger partial charge in [-0.25, -0.2) is 13.2 Å². The third-order valence-electron chi connectivity index (χ3n) is 5.83. The number of nitrogens with zero attached hydrogens (tertiary/aromatic N) is 1. The average molecular weight is 515 g/mol. The number of benzene rings is 4. The van der Waals surface area contributed by atoms with Gasteiger partial charge in [0.25, 0.3) is 0 Å². The predicted molar refractivity (Wildman–Crippen MR) is 142 cm³/mol. The summed E-state index contributed by atoms with van der Waals surface area (Å²) in [7, 11) is -3.87. The number of para-hydroxylation sites is 1. The molecule has 0 aromatic heterocycles. The van der Waals surface area contributed by atoms with Crippen molar-refractivity contribution < 1.29 is 23.1 Å². The van der Waals surface area contributed by atoms with Gasteiger partial charge in [-0.2, -0.15) is 4.31 Å². The smallest absolute Gasteiger partial charge is 0.409 e. The summed E-state index contributed by atoms with van der Waals surface area (Å²) in [5.74, 6) is -0.256. The van der Waals surface area contributed by atoms with E-state index in [1.165, 1.54) is 28.6 Å². The predicted octanol–water partition coefficient (Wildman–Crippen LogP) is 5.59. The summed E-state index contributed by atoms with van der Waals surface area (Å²) in [6, 6.07) is 31.3. The van der Waals surface area contributed by atoms with Crippen molar-refractivity contribution in [1.29, 1.82) is 0 Å². The summed E-state index contributed by atoms with van der Waals surface area (Å²) < 4.78 is 28.7. The van der Waals surface area contributed by atoms with Crippen molar-refractivity contribution in [3.63, 3.8) is 0 Å². The van der Waals surface area contributed by atoms with Crippen molar-refractivity contribution >= 4 is 27.6 Å². The first-order valence-electron chi connectivity index (χ1n) is 11.6. The number of amides is 1. The van der Waals surface area contributed by atoms with Gasteiger partial charge in [-0.15, -0.1) is 0 Å². The first kappa shape index (κ1) is 25.8. The van der Waals surface area contributed by atoms with E-state index in [0.29, 0.717) is 16.8 Å². The maximum absolute atomic E-state index is 13.6. The van der Waals surface area contributed by atoms with Crippen LogP contribution >= 0.6 is 0 Å². The molecule has 0 heterocycles. The van der Waals surface area contributed by atoms with Crippen LogP contribution in [-0.2, 0) is 29.5 Å². The number of sulfonamides is 1. The Kier molecular flexibility index (Phi) is 8.12. The highest BCUT2D eigenvalue weighted by Crippen LogP contribution is 2.23. The van der Waals surface area contributed by atoms with Crippen LogP contribution in [0.3, 0.4) is 0 Å². The zero-order chi connectivity index (χ0) is 26.3. The average Bonchev–Trinajstić information content (AvgIpc) is 2.90. The highest BCUT2D eigenvalue weighted by atomic mass is 32.2.